The highest BCUT2D eigenvalue weighted by molar-refractivity contribution is 5.63. The van der Waals surface area contributed by atoms with Crippen LogP contribution in [0.1, 0.15) is 23.1 Å². The lowest BCUT2D eigenvalue weighted by Gasteiger charge is -2.32. The van der Waals surface area contributed by atoms with Crippen molar-refractivity contribution in [2.24, 2.45) is 0 Å². The lowest BCUT2D eigenvalue weighted by atomic mass is 10.0. The second-order valence-corrected chi connectivity index (χ2v) is 10.5. The van der Waals surface area contributed by atoms with Gasteiger partial charge in [0.1, 0.15) is 0 Å². The first-order chi connectivity index (χ1) is 16.9. The van der Waals surface area contributed by atoms with Crippen LogP contribution >= 0.6 is 0 Å². The molecule has 3 aromatic rings. The topological polar surface area (TPSA) is 30.8 Å². The monoisotopic (exact) mass is 474 g/mol. The number of aromatic nitrogens is 2. The minimum absolute atomic E-state index is 0.863. The molecule has 2 aromatic carbocycles. The molecule has 0 amide bonds. The van der Waals surface area contributed by atoms with Crippen LogP contribution in [0.4, 0.5) is 0 Å². The molecule has 0 spiro atoms. The van der Waals surface area contributed by atoms with Crippen LogP contribution in [0.15, 0.2) is 54.7 Å². The molecule has 1 aliphatic heterocycles. The van der Waals surface area contributed by atoms with Gasteiger partial charge in [0.15, 0.2) is 0 Å². The van der Waals surface area contributed by atoms with E-state index in [1.165, 1.54) is 28.7 Å². The normalized spacial score (nSPS) is 15.4. The summed E-state index contributed by atoms with van der Waals surface area (Å²) in [5.41, 5.74) is 7.36. The predicted octanol–water partition coefficient (Wildman–Crippen LogP) is 3.84. The summed E-state index contributed by atoms with van der Waals surface area (Å²) in [6.07, 6.45) is 4.48. The van der Waals surface area contributed by atoms with E-state index in [-0.39, 0.29) is 0 Å². The quantitative estimate of drug-likeness (QED) is 0.446. The Bertz CT molecular complexity index is 1040. The maximum absolute atomic E-state index is 5.04. The maximum atomic E-state index is 5.04. The largest absolute Gasteiger partial charge is 0.309 e. The van der Waals surface area contributed by atoms with E-state index in [9.17, 15) is 0 Å². The predicted molar refractivity (Wildman–Crippen MR) is 146 cm³/mol. The van der Waals surface area contributed by atoms with Gasteiger partial charge in [-0.3, -0.25) is 4.90 Å². The van der Waals surface area contributed by atoms with Crippen molar-refractivity contribution in [1.29, 1.82) is 0 Å². The first kappa shape index (κ1) is 25.6. The molecule has 1 aromatic heterocycles. The summed E-state index contributed by atoms with van der Waals surface area (Å²) in [7, 11) is 10.7. The van der Waals surface area contributed by atoms with Crippen molar-refractivity contribution in [2.75, 3.05) is 68.0 Å². The summed E-state index contributed by atoms with van der Waals surface area (Å²) in [6.45, 7) is 7.59. The Morgan fingerprint density at radius 1 is 0.800 bits per heavy atom. The second-order valence-electron chi connectivity index (χ2n) is 10.5. The average Bonchev–Trinajstić information content (AvgIpc) is 3.24. The Kier molecular flexibility index (Phi) is 8.74. The minimum Gasteiger partial charge on any atom is -0.309 e. The molecule has 2 heterocycles. The summed E-state index contributed by atoms with van der Waals surface area (Å²) >= 11 is 0. The lowest BCUT2D eigenvalue weighted by molar-refractivity contribution is 0.148. The number of piperazine rings is 1. The van der Waals surface area contributed by atoms with E-state index in [1.54, 1.807) is 0 Å². The Labute approximate surface area is 211 Å². The van der Waals surface area contributed by atoms with Gasteiger partial charge < -0.3 is 14.7 Å². The van der Waals surface area contributed by atoms with Gasteiger partial charge in [-0.25, -0.2) is 4.68 Å². The first-order valence-electron chi connectivity index (χ1n) is 12.8. The SMILES string of the molecule is CN(C)CCCc1ccc(-c2nn(-c3ccc(CN4CCN(C)CC4)cc3)cc2CN(C)C)cc1. The van der Waals surface area contributed by atoms with Gasteiger partial charge in [-0.05, 0) is 77.9 Å². The lowest BCUT2D eigenvalue weighted by Crippen LogP contribution is -2.43. The summed E-state index contributed by atoms with van der Waals surface area (Å²) in [4.78, 5) is 9.40. The van der Waals surface area contributed by atoms with E-state index in [0.717, 1.165) is 63.6 Å². The van der Waals surface area contributed by atoms with Crippen LogP contribution in [0.25, 0.3) is 16.9 Å². The standard InChI is InChI=1S/C29H42N6/c1-31(2)16-6-7-24-8-12-26(13-9-24)29-27(22-32(3)4)23-35(30-29)28-14-10-25(11-15-28)21-34-19-17-33(5)18-20-34/h8-15,23H,6-7,16-22H2,1-5H3. The zero-order valence-corrected chi connectivity index (χ0v) is 22.2. The molecular weight excluding hydrogens is 432 g/mol. The molecule has 4 rings (SSSR count). The highest BCUT2D eigenvalue weighted by Crippen LogP contribution is 2.26. The van der Waals surface area contributed by atoms with Gasteiger partial charge in [-0.15, -0.1) is 0 Å². The van der Waals surface area contributed by atoms with Crippen LogP contribution in [0.5, 0.6) is 0 Å². The zero-order chi connectivity index (χ0) is 24.8. The molecule has 0 unspecified atom stereocenters. The molecule has 0 N–H and O–H groups in total. The molecule has 35 heavy (non-hydrogen) atoms. The fraction of sp³-hybridized carbons (Fsp3) is 0.483. The first-order valence-corrected chi connectivity index (χ1v) is 12.8. The fourth-order valence-electron chi connectivity index (χ4n) is 4.69. The van der Waals surface area contributed by atoms with E-state index < -0.39 is 0 Å². The Hall–Kier alpha value is -2.51. The maximum Gasteiger partial charge on any atom is 0.0972 e. The van der Waals surface area contributed by atoms with Gasteiger partial charge in [0, 0.05) is 56.6 Å². The van der Waals surface area contributed by atoms with Crippen LogP contribution in [-0.2, 0) is 19.5 Å². The Balaban J connectivity index is 1.49. The van der Waals surface area contributed by atoms with Crippen LogP contribution in [0, 0.1) is 0 Å². The van der Waals surface area contributed by atoms with E-state index >= 15 is 0 Å². The fourth-order valence-corrected chi connectivity index (χ4v) is 4.69. The molecule has 1 fully saturated rings. The van der Waals surface area contributed by atoms with Crippen molar-refractivity contribution in [3.8, 4) is 16.9 Å². The minimum atomic E-state index is 0.863. The third-order valence-electron chi connectivity index (χ3n) is 6.78. The van der Waals surface area contributed by atoms with Crippen molar-refractivity contribution in [3.63, 3.8) is 0 Å². The van der Waals surface area contributed by atoms with Gasteiger partial charge in [0.25, 0.3) is 0 Å². The molecule has 0 bridgehead atoms. The summed E-state index contributed by atoms with van der Waals surface area (Å²) in [5.74, 6) is 0. The van der Waals surface area contributed by atoms with Crippen molar-refractivity contribution in [2.45, 2.75) is 25.9 Å². The molecule has 0 aliphatic carbocycles. The van der Waals surface area contributed by atoms with Crippen LogP contribution in [0.2, 0.25) is 0 Å². The summed E-state index contributed by atoms with van der Waals surface area (Å²) in [5, 5.41) is 5.04. The summed E-state index contributed by atoms with van der Waals surface area (Å²) < 4.78 is 2.04. The zero-order valence-electron chi connectivity index (χ0n) is 22.2. The number of likely N-dealkylation sites (N-methyl/N-ethyl adjacent to an activating group) is 1. The highest BCUT2D eigenvalue weighted by Gasteiger charge is 2.15. The molecule has 1 saturated heterocycles. The average molecular weight is 475 g/mol. The van der Waals surface area contributed by atoms with Crippen LogP contribution in [0.3, 0.4) is 0 Å². The number of nitrogens with zero attached hydrogens (tertiary/aromatic N) is 6. The van der Waals surface area contributed by atoms with Gasteiger partial charge in [0.05, 0.1) is 11.4 Å². The molecule has 0 radical (unpaired) electrons. The van der Waals surface area contributed by atoms with Gasteiger partial charge in [-0.2, -0.15) is 5.10 Å². The van der Waals surface area contributed by atoms with E-state index in [2.05, 4.69) is 110 Å². The van der Waals surface area contributed by atoms with Crippen LogP contribution in [-0.4, -0.2) is 97.3 Å². The van der Waals surface area contributed by atoms with Gasteiger partial charge in [-0.1, -0.05) is 36.4 Å². The molecule has 0 atom stereocenters. The van der Waals surface area contributed by atoms with Gasteiger partial charge in [0.2, 0.25) is 0 Å². The van der Waals surface area contributed by atoms with Gasteiger partial charge >= 0.3 is 0 Å². The number of hydrogen-bond donors (Lipinski definition) is 0. The number of hydrogen-bond acceptors (Lipinski definition) is 5. The van der Waals surface area contributed by atoms with Crippen molar-refractivity contribution >= 4 is 0 Å². The molecule has 6 nitrogen and oxygen atoms in total. The second kappa shape index (κ2) is 12.0. The van der Waals surface area contributed by atoms with Crippen LogP contribution < -0.4 is 0 Å². The molecule has 1 aliphatic rings. The number of rotatable bonds is 10. The van der Waals surface area contributed by atoms with Crippen molar-refractivity contribution < 1.29 is 0 Å². The third kappa shape index (κ3) is 7.24. The molecule has 6 heteroatoms. The molecule has 0 saturated carbocycles. The number of aryl methyl sites for hydroxylation is 1. The van der Waals surface area contributed by atoms with E-state index in [4.69, 9.17) is 5.10 Å². The van der Waals surface area contributed by atoms with Crippen molar-refractivity contribution in [3.05, 3.63) is 71.4 Å². The molecule has 188 valence electrons. The van der Waals surface area contributed by atoms with E-state index in [1.807, 2.05) is 4.68 Å². The highest BCUT2D eigenvalue weighted by atomic mass is 15.3. The Morgan fingerprint density at radius 2 is 1.46 bits per heavy atom. The van der Waals surface area contributed by atoms with E-state index in [0.29, 0.717) is 0 Å². The Morgan fingerprint density at radius 3 is 2.09 bits per heavy atom. The molecular formula is C29H42N6. The number of benzene rings is 2. The summed E-state index contributed by atoms with van der Waals surface area (Å²) in [6, 6.07) is 17.9. The van der Waals surface area contributed by atoms with Crippen molar-refractivity contribution in [1.82, 2.24) is 29.4 Å². The smallest absolute Gasteiger partial charge is 0.0972 e. The third-order valence-corrected chi connectivity index (χ3v) is 6.78.